The van der Waals surface area contributed by atoms with Crippen LogP contribution < -0.4 is 10.5 Å². The zero-order valence-corrected chi connectivity index (χ0v) is 23.0. The number of rotatable bonds is 7. The molecule has 40 heavy (non-hydrogen) atoms. The Bertz CT molecular complexity index is 1290. The molecule has 0 bridgehead atoms. The van der Waals surface area contributed by atoms with Gasteiger partial charge < -0.3 is 14.5 Å². The fourth-order valence-corrected chi connectivity index (χ4v) is 5.86. The number of nitrogens with zero attached hydrogens (tertiary/aromatic N) is 6. The predicted octanol–water partition coefficient (Wildman–Crippen LogP) is 4.55. The van der Waals surface area contributed by atoms with Gasteiger partial charge in [0.25, 0.3) is 6.01 Å². The lowest BCUT2D eigenvalue weighted by molar-refractivity contribution is -0.137. The Balaban J connectivity index is 1.21. The highest BCUT2D eigenvalue weighted by atomic mass is 19.4. The van der Waals surface area contributed by atoms with Crippen LogP contribution in [0.15, 0.2) is 47.2 Å². The van der Waals surface area contributed by atoms with Crippen LogP contribution in [-0.2, 0) is 6.18 Å². The second kappa shape index (κ2) is 11.0. The van der Waals surface area contributed by atoms with E-state index in [0.29, 0.717) is 82.2 Å². The predicted molar refractivity (Wildman–Crippen MR) is 147 cm³/mol. The Kier molecular flexibility index (Phi) is 7.84. The molecule has 1 aromatic carbocycles. The number of likely N-dealkylation sites (tertiary alicyclic amines) is 2. The zero-order chi connectivity index (χ0) is 28.7. The Morgan fingerprint density at radius 3 is 2.50 bits per heavy atom. The van der Waals surface area contributed by atoms with E-state index >= 15 is 4.39 Å². The van der Waals surface area contributed by atoms with E-state index < -0.39 is 17.4 Å². The van der Waals surface area contributed by atoms with Crippen LogP contribution in [0.1, 0.15) is 44.2 Å². The molecular weight excluding hydrogens is 526 g/mol. The number of allylic oxidation sites excluding steroid dienone is 1. The average Bonchev–Trinajstić information content (AvgIpc) is 3.29. The third kappa shape index (κ3) is 5.69. The van der Waals surface area contributed by atoms with Crippen LogP contribution in [0, 0.1) is 0 Å². The van der Waals surface area contributed by atoms with Gasteiger partial charge in [0.2, 0.25) is 0 Å². The molecule has 0 amide bonds. The van der Waals surface area contributed by atoms with Crippen LogP contribution in [0.25, 0.3) is 11.0 Å². The highest BCUT2D eigenvalue weighted by Gasteiger charge is 2.41. The Morgan fingerprint density at radius 2 is 1.88 bits per heavy atom. The molecule has 3 aliphatic rings. The van der Waals surface area contributed by atoms with Crippen LogP contribution in [0.2, 0.25) is 0 Å². The van der Waals surface area contributed by atoms with E-state index in [2.05, 4.69) is 21.5 Å². The van der Waals surface area contributed by atoms with Crippen molar-refractivity contribution in [2.45, 2.75) is 56.8 Å². The Morgan fingerprint density at radius 1 is 1.18 bits per heavy atom. The molecule has 0 saturated carbocycles. The molecule has 5 rings (SSSR count). The van der Waals surface area contributed by atoms with Gasteiger partial charge in [-0.15, -0.1) is 0 Å². The summed E-state index contributed by atoms with van der Waals surface area (Å²) in [5.41, 5.74) is 6.09. The number of hydrogen-bond donors (Lipinski definition) is 1. The molecule has 12 heteroatoms. The molecule has 0 radical (unpaired) electrons. The number of aliphatic imine (C=N–C) groups is 1. The number of alkyl halides is 4. The number of fused-ring (bicyclic) bond motifs is 1. The summed E-state index contributed by atoms with van der Waals surface area (Å²) in [6.45, 7) is 9.47. The van der Waals surface area contributed by atoms with Gasteiger partial charge in [0.1, 0.15) is 0 Å². The number of imidazole rings is 1. The molecule has 2 saturated heterocycles. The number of aromatic nitrogens is 2. The highest BCUT2D eigenvalue weighted by molar-refractivity contribution is 5.80. The molecule has 4 heterocycles. The van der Waals surface area contributed by atoms with Crippen LogP contribution in [-0.4, -0.2) is 88.8 Å². The van der Waals surface area contributed by atoms with Gasteiger partial charge in [-0.3, -0.25) is 20.2 Å². The van der Waals surface area contributed by atoms with Crippen molar-refractivity contribution in [2.24, 2.45) is 10.7 Å². The SMILES string of the molecule is C=C(N1CCC(n2c(OCC)nc3cc(C(F)(F)F)ccc32)CC1)C1(F)CCN(CC2=CN(C)C(N)N=C2)CC1. The molecule has 8 nitrogen and oxygen atoms in total. The highest BCUT2D eigenvalue weighted by Crippen LogP contribution is 2.40. The number of halogens is 4. The van der Waals surface area contributed by atoms with E-state index in [1.807, 2.05) is 34.5 Å². The topological polar surface area (TPSA) is 75.2 Å². The molecule has 2 fully saturated rings. The average molecular weight is 564 g/mol. The first-order valence-electron chi connectivity index (χ1n) is 13.8. The number of ether oxygens (including phenoxy) is 1. The molecule has 2 N–H and O–H groups in total. The molecule has 0 spiro atoms. The molecule has 1 atom stereocenters. The number of nitrogens with two attached hydrogens (primary N) is 1. The van der Waals surface area contributed by atoms with E-state index in [1.165, 1.54) is 6.07 Å². The van der Waals surface area contributed by atoms with E-state index in [0.717, 1.165) is 17.7 Å². The summed E-state index contributed by atoms with van der Waals surface area (Å²) in [5, 5.41) is 0. The van der Waals surface area contributed by atoms with Crippen molar-refractivity contribution in [3.63, 3.8) is 0 Å². The minimum Gasteiger partial charge on any atom is -0.465 e. The van der Waals surface area contributed by atoms with Crippen molar-refractivity contribution in [2.75, 3.05) is 46.4 Å². The summed E-state index contributed by atoms with van der Waals surface area (Å²) in [4.78, 5) is 14.8. The van der Waals surface area contributed by atoms with Crippen molar-refractivity contribution < 1.29 is 22.3 Å². The summed E-state index contributed by atoms with van der Waals surface area (Å²) in [6, 6.07) is 3.90. The third-order valence-corrected chi connectivity index (χ3v) is 8.22. The largest absolute Gasteiger partial charge is 0.465 e. The summed E-state index contributed by atoms with van der Waals surface area (Å²) in [5.74, 6) is 0. The van der Waals surface area contributed by atoms with Crippen molar-refractivity contribution in [3.05, 3.63) is 47.8 Å². The molecule has 218 valence electrons. The summed E-state index contributed by atoms with van der Waals surface area (Å²) < 4.78 is 63.5. The summed E-state index contributed by atoms with van der Waals surface area (Å²) >= 11 is 0. The first-order valence-corrected chi connectivity index (χ1v) is 13.8. The molecular formula is C28H37F4N7O. The lowest BCUT2D eigenvalue weighted by atomic mass is 9.88. The Labute approximate surface area is 231 Å². The van der Waals surface area contributed by atoms with Gasteiger partial charge in [-0.1, -0.05) is 6.58 Å². The minimum atomic E-state index is -4.44. The van der Waals surface area contributed by atoms with E-state index in [-0.39, 0.29) is 17.8 Å². The van der Waals surface area contributed by atoms with E-state index in [9.17, 15) is 13.2 Å². The minimum absolute atomic E-state index is 0.0265. The van der Waals surface area contributed by atoms with Gasteiger partial charge >= 0.3 is 6.18 Å². The summed E-state index contributed by atoms with van der Waals surface area (Å²) in [6.07, 6.45) is 1.06. The van der Waals surface area contributed by atoms with E-state index in [4.69, 9.17) is 10.5 Å². The Hall–Kier alpha value is -3.12. The molecule has 3 aliphatic heterocycles. The van der Waals surface area contributed by atoms with Crippen LogP contribution in [0.3, 0.4) is 0 Å². The second-order valence-corrected chi connectivity index (χ2v) is 10.9. The lowest BCUT2D eigenvalue weighted by Crippen LogP contribution is -2.48. The van der Waals surface area contributed by atoms with E-state index in [1.54, 1.807) is 6.21 Å². The molecule has 0 aliphatic carbocycles. The maximum absolute atomic E-state index is 16.1. The fraction of sp³-hybridized carbons (Fsp3) is 0.571. The fourth-order valence-electron chi connectivity index (χ4n) is 5.86. The number of benzene rings is 1. The zero-order valence-electron chi connectivity index (χ0n) is 23.0. The van der Waals surface area contributed by atoms with Crippen LogP contribution in [0.5, 0.6) is 6.01 Å². The first-order chi connectivity index (χ1) is 19.0. The van der Waals surface area contributed by atoms with Crippen molar-refractivity contribution in [3.8, 4) is 6.01 Å². The normalized spacial score (nSPS) is 22.6. The molecule has 1 aromatic heterocycles. The smallest absolute Gasteiger partial charge is 0.416 e. The standard InChI is InChI=1S/C28H37F4N7O/c1-4-40-26-35-23-15-21(28(30,31)32)5-6-24(23)39(26)22-7-11-38(12-8-22)19(2)27(29)9-13-37(14-10-27)18-20-16-34-25(33)36(3)17-20/h5-6,15-17,22,25H,2,4,7-14,18,33H2,1,3H3. The first kappa shape index (κ1) is 28.4. The van der Waals surface area contributed by atoms with Crippen molar-refractivity contribution >= 4 is 17.2 Å². The van der Waals surface area contributed by atoms with Gasteiger partial charge in [-0.2, -0.15) is 18.2 Å². The van der Waals surface area contributed by atoms with Gasteiger partial charge in [0, 0.05) is 69.5 Å². The second-order valence-electron chi connectivity index (χ2n) is 10.9. The van der Waals surface area contributed by atoms with Gasteiger partial charge in [-0.05, 0) is 50.8 Å². The third-order valence-electron chi connectivity index (χ3n) is 8.22. The maximum Gasteiger partial charge on any atom is 0.416 e. The van der Waals surface area contributed by atoms with Gasteiger partial charge in [0.05, 0.1) is 23.2 Å². The van der Waals surface area contributed by atoms with Crippen LogP contribution in [0.4, 0.5) is 17.6 Å². The lowest BCUT2D eigenvalue weighted by Gasteiger charge is -2.44. The van der Waals surface area contributed by atoms with Crippen molar-refractivity contribution in [1.29, 1.82) is 0 Å². The molecule has 1 unspecified atom stereocenters. The molecule has 2 aromatic rings. The number of hydrogen-bond acceptors (Lipinski definition) is 7. The monoisotopic (exact) mass is 563 g/mol. The van der Waals surface area contributed by atoms with Crippen LogP contribution >= 0.6 is 0 Å². The van der Waals surface area contributed by atoms with Gasteiger partial charge in [-0.25, -0.2) is 4.39 Å². The van der Waals surface area contributed by atoms with Crippen molar-refractivity contribution in [1.82, 2.24) is 24.3 Å². The number of piperidine rings is 2. The maximum atomic E-state index is 16.1. The van der Waals surface area contributed by atoms with Gasteiger partial charge in [0.15, 0.2) is 12.0 Å². The summed E-state index contributed by atoms with van der Waals surface area (Å²) in [7, 11) is 1.88. The quantitative estimate of drug-likeness (QED) is 0.499.